The van der Waals surface area contributed by atoms with Crippen LogP contribution in [-0.4, -0.2) is 21.3 Å². The standard InChI is InChI=1S/C9H12N2O2S/c1-9(3-2-4-9)8-11-10-6(14-8)5-7(12)13/h2-5H2,1H3,(H,12,13). The molecule has 76 valence electrons. The fourth-order valence-electron chi connectivity index (χ4n) is 1.62. The van der Waals surface area contributed by atoms with E-state index in [1.807, 2.05) is 0 Å². The number of hydrogen-bond donors (Lipinski definition) is 1. The van der Waals surface area contributed by atoms with Gasteiger partial charge in [-0.3, -0.25) is 4.79 Å². The maximum atomic E-state index is 10.5. The number of carboxylic acids is 1. The molecule has 0 saturated heterocycles. The molecule has 4 nitrogen and oxygen atoms in total. The van der Waals surface area contributed by atoms with E-state index in [1.165, 1.54) is 17.8 Å². The van der Waals surface area contributed by atoms with Crippen LogP contribution in [0, 0.1) is 0 Å². The molecule has 1 N–H and O–H groups in total. The van der Waals surface area contributed by atoms with Crippen molar-refractivity contribution in [1.29, 1.82) is 0 Å². The largest absolute Gasteiger partial charge is 0.481 e. The number of carboxylic acid groups (broad SMARTS) is 1. The van der Waals surface area contributed by atoms with Crippen LogP contribution in [0.4, 0.5) is 0 Å². The molecule has 1 aliphatic rings. The first-order chi connectivity index (χ1) is 6.60. The van der Waals surface area contributed by atoms with Crippen molar-refractivity contribution in [2.45, 2.75) is 38.0 Å². The van der Waals surface area contributed by atoms with Crippen LogP contribution >= 0.6 is 11.3 Å². The van der Waals surface area contributed by atoms with E-state index in [9.17, 15) is 4.79 Å². The van der Waals surface area contributed by atoms with Gasteiger partial charge in [-0.2, -0.15) is 0 Å². The lowest BCUT2D eigenvalue weighted by molar-refractivity contribution is -0.136. The monoisotopic (exact) mass is 212 g/mol. The van der Waals surface area contributed by atoms with Gasteiger partial charge in [0, 0.05) is 5.41 Å². The molecule has 14 heavy (non-hydrogen) atoms. The molecule has 0 spiro atoms. The van der Waals surface area contributed by atoms with E-state index in [4.69, 9.17) is 5.11 Å². The Morgan fingerprint density at radius 2 is 2.29 bits per heavy atom. The van der Waals surface area contributed by atoms with E-state index in [1.54, 1.807) is 0 Å². The molecule has 1 aromatic rings. The van der Waals surface area contributed by atoms with Crippen LogP contribution in [0.2, 0.25) is 0 Å². The summed E-state index contributed by atoms with van der Waals surface area (Å²) in [6.07, 6.45) is 3.53. The highest BCUT2D eigenvalue weighted by atomic mass is 32.1. The zero-order valence-electron chi connectivity index (χ0n) is 7.99. The molecular weight excluding hydrogens is 200 g/mol. The van der Waals surface area contributed by atoms with Crippen molar-refractivity contribution in [2.24, 2.45) is 0 Å². The predicted molar refractivity (Wildman–Crippen MR) is 52.5 cm³/mol. The van der Waals surface area contributed by atoms with Crippen molar-refractivity contribution in [3.63, 3.8) is 0 Å². The summed E-state index contributed by atoms with van der Waals surface area (Å²) in [6.45, 7) is 2.17. The van der Waals surface area contributed by atoms with Gasteiger partial charge >= 0.3 is 5.97 Å². The van der Waals surface area contributed by atoms with Gasteiger partial charge in [-0.25, -0.2) is 0 Å². The van der Waals surface area contributed by atoms with Crippen LogP contribution in [-0.2, 0) is 16.6 Å². The number of hydrogen-bond acceptors (Lipinski definition) is 4. The van der Waals surface area contributed by atoms with Gasteiger partial charge in [0.25, 0.3) is 0 Å². The summed E-state index contributed by atoms with van der Waals surface area (Å²) >= 11 is 1.44. The second-order valence-corrected chi connectivity index (χ2v) is 5.05. The maximum absolute atomic E-state index is 10.5. The van der Waals surface area contributed by atoms with Crippen LogP contribution in [0.3, 0.4) is 0 Å². The molecule has 1 aliphatic carbocycles. The summed E-state index contributed by atoms with van der Waals surface area (Å²) in [7, 11) is 0. The minimum absolute atomic E-state index is 0.00620. The average molecular weight is 212 g/mol. The van der Waals surface area contributed by atoms with E-state index < -0.39 is 5.97 Å². The molecule has 0 atom stereocenters. The number of aliphatic carboxylic acids is 1. The quantitative estimate of drug-likeness (QED) is 0.826. The number of carbonyl (C=O) groups is 1. The van der Waals surface area contributed by atoms with Crippen molar-refractivity contribution in [2.75, 3.05) is 0 Å². The maximum Gasteiger partial charge on any atom is 0.310 e. The van der Waals surface area contributed by atoms with Crippen LogP contribution in [0.5, 0.6) is 0 Å². The first-order valence-corrected chi connectivity index (χ1v) is 5.46. The highest BCUT2D eigenvalue weighted by Gasteiger charge is 2.37. The summed E-state index contributed by atoms with van der Waals surface area (Å²) < 4.78 is 0. The second kappa shape index (κ2) is 3.31. The third-order valence-corrected chi connectivity index (χ3v) is 3.97. The Balaban J connectivity index is 2.13. The molecule has 0 aromatic carbocycles. The Bertz CT molecular complexity index is 357. The Labute approximate surface area is 86.0 Å². The Kier molecular flexibility index (Phi) is 2.26. The van der Waals surface area contributed by atoms with Gasteiger partial charge in [0.05, 0.1) is 6.42 Å². The summed E-state index contributed by atoms with van der Waals surface area (Å²) in [5, 5.41) is 18.2. The molecule has 5 heteroatoms. The Morgan fingerprint density at radius 1 is 1.57 bits per heavy atom. The molecule has 1 aromatic heterocycles. The van der Waals surface area contributed by atoms with Crippen LogP contribution in [0.1, 0.15) is 36.2 Å². The third-order valence-electron chi connectivity index (χ3n) is 2.74. The van der Waals surface area contributed by atoms with E-state index in [0.717, 1.165) is 17.8 Å². The lowest BCUT2D eigenvalue weighted by Gasteiger charge is -2.35. The summed E-state index contributed by atoms with van der Waals surface area (Å²) in [6, 6.07) is 0. The molecule has 0 unspecified atom stereocenters. The SMILES string of the molecule is CC1(c2nnc(CC(=O)O)s2)CCC1. The Hall–Kier alpha value is -0.970. The zero-order chi connectivity index (χ0) is 10.2. The van der Waals surface area contributed by atoms with Crippen molar-refractivity contribution >= 4 is 17.3 Å². The number of aromatic nitrogens is 2. The average Bonchev–Trinajstić information content (AvgIpc) is 2.47. The Morgan fingerprint density at radius 3 is 2.79 bits per heavy atom. The third kappa shape index (κ3) is 1.64. The van der Waals surface area contributed by atoms with Crippen molar-refractivity contribution < 1.29 is 9.90 Å². The molecule has 0 radical (unpaired) electrons. The van der Waals surface area contributed by atoms with Crippen molar-refractivity contribution in [1.82, 2.24) is 10.2 Å². The lowest BCUT2D eigenvalue weighted by Crippen LogP contribution is -2.30. The molecule has 1 fully saturated rings. The van der Waals surface area contributed by atoms with Crippen LogP contribution < -0.4 is 0 Å². The topological polar surface area (TPSA) is 63.1 Å². The van der Waals surface area contributed by atoms with Crippen LogP contribution in [0.25, 0.3) is 0 Å². The lowest BCUT2D eigenvalue weighted by atomic mass is 9.71. The normalized spacial score (nSPS) is 18.9. The summed E-state index contributed by atoms with van der Waals surface area (Å²) in [5.74, 6) is -0.841. The molecule has 0 amide bonds. The first kappa shape index (κ1) is 9.58. The van der Waals surface area contributed by atoms with Gasteiger partial charge in [-0.15, -0.1) is 21.5 Å². The molecule has 0 aliphatic heterocycles. The number of rotatable bonds is 3. The predicted octanol–water partition coefficient (Wildman–Crippen LogP) is 1.61. The number of nitrogens with zero attached hydrogens (tertiary/aromatic N) is 2. The summed E-state index contributed by atoms with van der Waals surface area (Å²) in [4.78, 5) is 10.5. The van der Waals surface area contributed by atoms with Gasteiger partial charge in [-0.05, 0) is 12.8 Å². The van der Waals surface area contributed by atoms with Crippen molar-refractivity contribution in [3.05, 3.63) is 10.0 Å². The fraction of sp³-hybridized carbons (Fsp3) is 0.667. The first-order valence-electron chi connectivity index (χ1n) is 4.65. The van der Waals surface area contributed by atoms with Gasteiger partial charge in [-0.1, -0.05) is 13.3 Å². The van der Waals surface area contributed by atoms with Gasteiger partial charge in [0.1, 0.15) is 10.0 Å². The van der Waals surface area contributed by atoms with Gasteiger partial charge in [0.15, 0.2) is 0 Å². The van der Waals surface area contributed by atoms with E-state index in [2.05, 4.69) is 17.1 Å². The highest BCUT2D eigenvalue weighted by molar-refractivity contribution is 7.11. The molecule has 1 saturated carbocycles. The van der Waals surface area contributed by atoms with E-state index in [-0.39, 0.29) is 11.8 Å². The minimum atomic E-state index is -0.841. The molecular formula is C9H12N2O2S. The zero-order valence-corrected chi connectivity index (χ0v) is 8.80. The smallest absolute Gasteiger partial charge is 0.310 e. The summed E-state index contributed by atoms with van der Waals surface area (Å²) in [5.41, 5.74) is 0.175. The van der Waals surface area contributed by atoms with Crippen LogP contribution in [0.15, 0.2) is 0 Å². The molecule has 1 heterocycles. The van der Waals surface area contributed by atoms with E-state index >= 15 is 0 Å². The van der Waals surface area contributed by atoms with Gasteiger partial charge in [0.2, 0.25) is 0 Å². The highest BCUT2D eigenvalue weighted by Crippen LogP contribution is 2.44. The van der Waals surface area contributed by atoms with Gasteiger partial charge < -0.3 is 5.11 Å². The molecule has 0 bridgehead atoms. The minimum Gasteiger partial charge on any atom is -0.481 e. The fourth-order valence-corrected chi connectivity index (χ4v) is 2.65. The second-order valence-electron chi connectivity index (χ2n) is 3.99. The van der Waals surface area contributed by atoms with E-state index in [0.29, 0.717) is 5.01 Å². The molecule has 2 rings (SSSR count). The van der Waals surface area contributed by atoms with Crippen molar-refractivity contribution in [3.8, 4) is 0 Å².